The van der Waals surface area contributed by atoms with Gasteiger partial charge in [0.05, 0.1) is 11.4 Å². The SMILES string of the molecule is CCc1noc(C)c1C(=O)Nc1nc2c(s1)CN(Cc1ccccc1)CC2. The number of hydrogen-bond acceptors (Lipinski definition) is 6. The number of hydrogen-bond donors (Lipinski definition) is 1. The maximum Gasteiger partial charge on any atom is 0.262 e. The van der Waals surface area contributed by atoms with Crippen LogP contribution in [0.4, 0.5) is 5.13 Å². The molecule has 0 aliphatic carbocycles. The summed E-state index contributed by atoms with van der Waals surface area (Å²) in [5.41, 5.74) is 3.61. The molecule has 0 fully saturated rings. The Kier molecular flexibility index (Phi) is 5.05. The maximum absolute atomic E-state index is 12.6. The molecule has 2 aromatic heterocycles. The molecule has 140 valence electrons. The van der Waals surface area contributed by atoms with Crippen molar-refractivity contribution in [2.45, 2.75) is 39.8 Å². The van der Waals surface area contributed by atoms with Crippen molar-refractivity contribution >= 4 is 22.4 Å². The van der Waals surface area contributed by atoms with E-state index in [1.54, 1.807) is 18.3 Å². The molecule has 1 aliphatic rings. The van der Waals surface area contributed by atoms with Crippen LogP contribution in [-0.4, -0.2) is 27.5 Å². The van der Waals surface area contributed by atoms with Gasteiger partial charge in [-0.05, 0) is 18.9 Å². The molecule has 0 spiro atoms. The van der Waals surface area contributed by atoms with Gasteiger partial charge in [-0.1, -0.05) is 42.4 Å². The van der Waals surface area contributed by atoms with Gasteiger partial charge in [-0.3, -0.25) is 15.0 Å². The summed E-state index contributed by atoms with van der Waals surface area (Å²) in [4.78, 5) is 20.9. The van der Waals surface area contributed by atoms with Crippen LogP contribution in [0.25, 0.3) is 0 Å². The lowest BCUT2D eigenvalue weighted by Crippen LogP contribution is -2.29. The summed E-state index contributed by atoms with van der Waals surface area (Å²) in [6.45, 7) is 6.49. The van der Waals surface area contributed by atoms with Gasteiger partial charge in [0, 0.05) is 30.9 Å². The predicted molar refractivity (Wildman–Crippen MR) is 105 cm³/mol. The Hall–Kier alpha value is -2.51. The number of rotatable bonds is 5. The fourth-order valence-corrected chi connectivity index (χ4v) is 4.43. The van der Waals surface area contributed by atoms with E-state index >= 15 is 0 Å². The quantitative estimate of drug-likeness (QED) is 0.726. The highest BCUT2D eigenvalue weighted by Gasteiger charge is 2.24. The van der Waals surface area contributed by atoms with E-state index < -0.39 is 0 Å². The molecule has 3 aromatic rings. The van der Waals surface area contributed by atoms with Crippen molar-refractivity contribution in [3.05, 3.63) is 63.5 Å². The van der Waals surface area contributed by atoms with Crippen LogP contribution in [0.1, 0.15) is 44.9 Å². The molecule has 0 unspecified atom stereocenters. The summed E-state index contributed by atoms with van der Waals surface area (Å²) in [5.74, 6) is 0.345. The Morgan fingerprint density at radius 2 is 2.15 bits per heavy atom. The summed E-state index contributed by atoms with van der Waals surface area (Å²) in [6.07, 6.45) is 1.56. The second-order valence-electron chi connectivity index (χ2n) is 6.70. The molecule has 1 amide bonds. The van der Waals surface area contributed by atoms with Gasteiger partial charge in [0.1, 0.15) is 11.3 Å². The molecule has 0 radical (unpaired) electrons. The molecule has 4 rings (SSSR count). The molecule has 1 aliphatic heterocycles. The number of carbonyl (C=O) groups is 1. The molecule has 0 saturated carbocycles. The third-order valence-electron chi connectivity index (χ3n) is 4.78. The molecular formula is C20H22N4O2S. The van der Waals surface area contributed by atoms with E-state index in [0.29, 0.717) is 28.6 Å². The van der Waals surface area contributed by atoms with Crippen molar-refractivity contribution in [2.24, 2.45) is 0 Å². The molecule has 27 heavy (non-hydrogen) atoms. The van der Waals surface area contributed by atoms with E-state index in [9.17, 15) is 4.79 Å². The molecule has 1 N–H and O–H groups in total. The lowest BCUT2D eigenvalue weighted by molar-refractivity contribution is 0.102. The summed E-state index contributed by atoms with van der Waals surface area (Å²) in [6, 6.07) is 10.5. The normalized spacial score (nSPS) is 14.1. The molecule has 3 heterocycles. The molecule has 7 heteroatoms. The maximum atomic E-state index is 12.6. The first-order valence-electron chi connectivity index (χ1n) is 9.15. The number of nitrogens with one attached hydrogen (secondary N) is 1. The average Bonchev–Trinajstić information content (AvgIpc) is 3.24. The fraction of sp³-hybridized carbons (Fsp3) is 0.350. The van der Waals surface area contributed by atoms with Crippen molar-refractivity contribution in [1.29, 1.82) is 0 Å². The summed E-state index contributed by atoms with van der Waals surface area (Å²) in [7, 11) is 0. The van der Waals surface area contributed by atoms with Crippen LogP contribution in [0.5, 0.6) is 0 Å². The largest absolute Gasteiger partial charge is 0.361 e. The van der Waals surface area contributed by atoms with Crippen LogP contribution >= 0.6 is 11.3 Å². The number of carbonyl (C=O) groups excluding carboxylic acids is 1. The molecule has 0 saturated heterocycles. The second-order valence-corrected chi connectivity index (χ2v) is 7.79. The molecule has 0 atom stereocenters. The topological polar surface area (TPSA) is 71.3 Å². The fourth-order valence-electron chi connectivity index (χ4n) is 3.39. The minimum Gasteiger partial charge on any atom is -0.361 e. The predicted octanol–water partition coefficient (Wildman–Crippen LogP) is 3.81. The highest BCUT2D eigenvalue weighted by molar-refractivity contribution is 7.15. The van der Waals surface area contributed by atoms with Crippen molar-refractivity contribution in [2.75, 3.05) is 11.9 Å². The van der Waals surface area contributed by atoms with Crippen LogP contribution in [0.3, 0.4) is 0 Å². The summed E-state index contributed by atoms with van der Waals surface area (Å²) >= 11 is 1.56. The van der Waals surface area contributed by atoms with Crippen LogP contribution < -0.4 is 5.32 Å². The molecule has 1 aromatic carbocycles. The average molecular weight is 382 g/mol. The standard InChI is InChI=1S/C20H22N4O2S/c1-3-15-18(13(2)26-23-15)19(25)22-20-21-16-9-10-24(12-17(16)27-20)11-14-7-5-4-6-8-14/h4-8H,3,9-12H2,1-2H3,(H,21,22,25). The van der Waals surface area contributed by atoms with Crippen LogP contribution in [0.2, 0.25) is 0 Å². The van der Waals surface area contributed by atoms with Gasteiger partial charge >= 0.3 is 0 Å². The zero-order chi connectivity index (χ0) is 18.8. The van der Waals surface area contributed by atoms with Crippen molar-refractivity contribution in [3.8, 4) is 0 Å². The van der Waals surface area contributed by atoms with Gasteiger partial charge in [-0.25, -0.2) is 4.98 Å². The van der Waals surface area contributed by atoms with Crippen molar-refractivity contribution in [1.82, 2.24) is 15.0 Å². The minimum atomic E-state index is -0.196. The number of nitrogens with zero attached hydrogens (tertiary/aromatic N) is 3. The second kappa shape index (κ2) is 7.62. The lowest BCUT2D eigenvalue weighted by Gasteiger charge is -2.25. The van der Waals surface area contributed by atoms with Crippen molar-refractivity contribution < 1.29 is 9.32 Å². The minimum absolute atomic E-state index is 0.196. The third-order valence-corrected chi connectivity index (χ3v) is 5.77. The highest BCUT2D eigenvalue weighted by Crippen LogP contribution is 2.29. The van der Waals surface area contributed by atoms with E-state index in [4.69, 9.17) is 4.52 Å². The number of fused-ring (bicyclic) bond motifs is 1. The first-order valence-corrected chi connectivity index (χ1v) is 9.97. The van der Waals surface area contributed by atoms with Gasteiger partial charge in [0.25, 0.3) is 5.91 Å². The van der Waals surface area contributed by atoms with Gasteiger partial charge in [0.2, 0.25) is 0 Å². The molecule has 0 bridgehead atoms. The van der Waals surface area contributed by atoms with E-state index in [1.807, 2.05) is 13.0 Å². The zero-order valence-electron chi connectivity index (χ0n) is 15.5. The number of thiazole rings is 1. The van der Waals surface area contributed by atoms with E-state index in [-0.39, 0.29) is 5.91 Å². The van der Waals surface area contributed by atoms with Gasteiger partial charge in [0.15, 0.2) is 5.13 Å². The Labute approximate surface area is 162 Å². The van der Waals surface area contributed by atoms with E-state index in [1.165, 1.54) is 10.4 Å². The highest BCUT2D eigenvalue weighted by atomic mass is 32.1. The summed E-state index contributed by atoms with van der Waals surface area (Å²) < 4.78 is 5.16. The van der Waals surface area contributed by atoms with Gasteiger partial charge < -0.3 is 4.52 Å². The van der Waals surface area contributed by atoms with Gasteiger partial charge in [-0.15, -0.1) is 11.3 Å². The number of aryl methyl sites for hydroxylation is 2. The Morgan fingerprint density at radius 1 is 1.33 bits per heavy atom. The molecule has 6 nitrogen and oxygen atoms in total. The third kappa shape index (κ3) is 3.79. The monoisotopic (exact) mass is 382 g/mol. The number of benzene rings is 1. The van der Waals surface area contributed by atoms with Gasteiger partial charge in [-0.2, -0.15) is 0 Å². The van der Waals surface area contributed by atoms with Crippen LogP contribution in [0, 0.1) is 6.92 Å². The number of aromatic nitrogens is 2. The van der Waals surface area contributed by atoms with E-state index in [0.717, 1.165) is 31.7 Å². The summed E-state index contributed by atoms with van der Waals surface area (Å²) in [5, 5.41) is 7.53. The lowest BCUT2D eigenvalue weighted by atomic mass is 10.1. The molecular weight excluding hydrogens is 360 g/mol. The Bertz CT molecular complexity index is 948. The Balaban J connectivity index is 1.45. The first kappa shape index (κ1) is 17.9. The number of anilines is 1. The zero-order valence-corrected chi connectivity index (χ0v) is 16.3. The van der Waals surface area contributed by atoms with Crippen LogP contribution in [0.15, 0.2) is 34.9 Å². The smallest absolute Gasteiger partial charge is 0.262 e. The Morgan fingerprint density at radius 3 is 2.93 bits per heavy atom. The van der Waals surface area contributed by atoms with E-state index in [2.05, 4.69) is 44.6 Å². The first-order chi connectivity index (χ1) is 13.1. The van der Waals surface area contributed by atoms with Crippen LogP contribution in [-0.2, 0) is 25.9 Å². The number of amides is 1. The van der Waals surface area contributed by atoms with Crippen molar-refractivity contribution in [3.63, 3.8) is 0 Å².